The average molecular weight is 397 g/mol. The molecule has 2 nitrogen and oxygen atoms in total. The molecule has 0 amide bonds. The number of rotatable bonds is 10. The minimum Gasteiger partial charge on any atom is -0.494 e. The topological polar surface area (TPSA) is 26.3 Å². The van der Waals surface area contributed by atoms with Crippen molar-refractivity contribution in [3.05, 3.63) is 114 Å². The first-order valence-electron chi connectivity index (χ1n) is 10.4. The summed E-state index contributed by atoms with van der Waals surface area (Å²) in [6.07, 6.45) is 6.60. The summed E-state index contributed by atoms with van der Waals surface area (Å²) in [4.78, 5) is 12.1. The van der Waals surface area contributed by atoms with Gasteiger partial charge < -0.3 is 4.74 Å². The Morgan fingerprint density at radius 3 is 2.23 bits per heavy atom. The molecular formula is C28H28O2. The van der Waals surface area contributed by atoms with E-state index in [0.717, 1.165) is 48.3 Å². The van der Waals surface area contributed by atoms with E-state index in [1.165, 1.54) is 5.56 Å². The van der Waals surface area contributed by atoms with Crippen molar-refractivity contribution in [2.45, 2.75) is 26.2 Å². The summed E-state index contributed by atoms with van der Waals surface area (Å²) in [5, 5.41) is 0. The molecule has 0 radical (unpaired) electrons. The smallest absolute Gasteiger partial charge is 0.185 e. The van der Waals surface area contributed by atoms with E-state index in [1.807, 2.05) is 67.6 Å². The molecule has 0 saturated heterocycles. The van der Waals surface area contributed by atoms with E-state index in [9.17, 15) is 4.79 Å². The number of ether oxygens (including phenoxy) is 1. The van der Waals surface area contributed by atoms with Crippen molar-refractivity contribution in [1.29, 1.82) is 0 Å². The Hall–Kier alpha value is -3.39. The number of carbonyl (C=O) groups is 1. The molecule has 0 saturated carbocycles. The van der Waals surface area contributed by atoms with Crippen LogP contribution in [0, 0.1) is 0 Å². The molecular weight excluding hydrogens is 368 g/mol. The predicted octanol–water partition coefficient (Wildman–Crippen LogP) is 7.02. The molecule has 0 N–H and O–H groups in total. The molecule has 0 aromatic heterocycles. The van der Waals surface area contributed by atoms with Gasteiger partial charge >= 0.3 is 0 Å². The Kier molecular flexibility index (Phi) is 7.79. The van der Waals surface area contributed by atoms with Crippen LogP contribution in [0.1, 0.15) is 46.8 Å². The summed E-state index contributed by atoms with van der Waals surface area (Å²) in [5.41, 5.74) is 5.24. The molecule has 0 atom stereocenters. The van der Waals surface area contributed by atoms with Crippen molar-refractivity contribution in [2.24, 2.45) is 0 Å². The molecule has 3 aromatic carbocycles. The lowest BCUT2D eigenvalue weighted by atomic mass is 10.0. The second-order valence-corrected chi connectivity index (χ2v) is 7.42. The van der Waals surface area contributed by atoms with Crippen LogP contribution in [-0.4, -0.2) is 12.4 Å². The largest absolute Gasteiger partial charge is 0.494 e. The second kappa shape index (κ2) is 11.0. The standard InChI is InChI=1S/C28H28O2/c1-22(2)25-16-18-27(19-17-25)30-21-7-6-8-23-11-13-24(14-12-23)15-20-28(29)26-9-4-3-5-10-26/h3-5,9-20H,1,6-8,21H2,2H3/b20-15+. The fourth-order valence-electron chi connectivity index (χ4n) is 3.12. The lowest BCUT2D eigenvalue weighted by Gasteiger charge is -2.07. The number of benzene rings is 3. The third kappa shape index (κ3) is 6.59. The van der Waals surface area contributed by atoms with Crippen LogP contribution >= 0.6 is 0 Å². The van der Waals surface area contributed by atoms with Gasteiger partial charge in [-0.25, -0.2) is 0 Å². The van der Waals surface area contributed by atoms with Gasteiger partial charge in [0, 0.05) is 5.56 Å². The van der Waals surface area contributed by atoms with E-state index >= 15 is 0 Å². The summed E-state index contributed by atoms with van der Waals surface area (Å²) >= 11 is 0. The Balaban J connectivity index is 1.39. The van der Waals surface area contributed by atoms with Gasteiger partial charge in [0.1, 0.15) is 5.75 Å². The first-order valence-corrected chi connectivity index (χ1v) is 10.4. The monoisotopic (exact) mass is 396 g/mol. The van der Waals surface area contributed by atoms with Gasteiger partial charge in [-0.15, -0.1) is 0 Å². The Morgan fingerprint density at radius 1 is 0.867 bits per heavy atom. The van der Waals surface area contributed by atoms with Gasteiger partial charge in [0.05, 0.1) is 6.61 Å². The summed E-state index contributed by atoms with van der Waals surface area (Å²) in [6, 6.07) is 25.8. The first-order chi connectivity index (χ1) is 14.6. The van der Waals surface area contributed by atoms with Crippen molar-refractivity contribution >= 4 is 17.4 Å². The average Bonchev–Trinajstić information content (AvgIpc) is 2.79. The number of ketones is 1. The molecule has 0 spiro atoms. The van der Waals surface area contributed by atoms with E-state index in [2.05, 4.69) is 30.8 Å². The Bertz CT molecular complexity index is 981. The van der Waals surface area contributed by atoms with Crippen molar-refractivity contribution in [2.75, 3.05) is 6.61 Å². The molecule has 0 fully saturated rings. The summed E-state index contributed by atoms with van der Waals surface area (Å²) < 4.78 is 5.82. The van der Waals surface area contributed by atoms with Crippen LogP contribution in [0.25, 0.3) is 11.6 Å². The van der Waals surface area contributed by atoms with Crippen LogP contribution in [0.15, 0.2) is 91.5 Å². The minimum absolute atomic E-state index is 0.0222. The number of aryl methyl sites for hydroxylation is 1. The maximum absolute atomic E-state index is 12.1. The predicted molar refractivity (Wildman–Crippen MR) is 126 cm³/mol. The van der Waals surface area contributed by atoms with Gasteiger partial charge in [-0.3, -0.25) is 4.79 Å². The molecule has 152 valence electrons. The first kappa shape index (κ1) is 21.3. The van der Waals surface area contributed by atoms with E-state index in [0.29, 0.717) is 5.56 Å². The zero-order chi connectivity index (χ0) is 21.2. The van der Waals surface area contributed by atoms with Crippen LogP contribution in [-0.2, 0) is 6.42 Å². The molecule has 3 rings (SSSR count). The SMILES string of the molecule is C=C(C)c1ccc(OCCCCc2ccc(/C=C/C(=O)c3ccccc3)cc2)cc1. The van der Waals surface area contributed by atoms with Crippen LogP contribution in [0.3, 0.4) is 0 Å². The van der Waals surface area contributed by atoms with Crippen LogP contribution < -0.4 is 4.74 Å². The maximum Gasteiger partial charge on any atom is 0.185 e. The number of hydrogen-bond donors (Lipinski definition) is 0. The Labute approximate surface area is 179 Å². The summed E-state index contributed by atoms with van der Waals surface area (Å²) in [5.74, 6) is 0.926. The third-order valence-electron chi connectivity index (χ3n) is 4.94. The van der Waals surface area contributed by atoms with E-state index in [-0.39, 0.29) is 5.78 Å². The highest BCUT2D eigenvalue weighted by molar-refractivity contribution is 6.06. The number of carbonyl (C=O) groups excluding carboxylic acids is 1. The molecule has 0 unspecified atom stereocenters. The minimum atomic E-state index is 0.0222. The highest BCUT2D eigenvalue weighted by Gasteiger charge is 2.00. The maximum atomic E-state index is 12.1. The third-order valence-corrected chi connectivity index (χ3v) is 4.94. The normalized spacial score (nSPS) is 10.8. The molecule has 0 aliphatic carbocycles. The summed E-state index contributed by atoms with van der Waals surface area (Å²) in [7, 11) is 0. The van der Waals surface area contributed by atoms with Crippen molar-refractivity contribution < 1.29 is 9.53 Å². The van der Waals surface area contributed by atoms with Gasteiger partial charge in [0.2, 0.25) is 0 Å². The fourth-order valence-corrected chi connectivity index (χ4v) is 3.12. The van der Waals surface area contributed by atoms with Crippen LogP contribution in [0.4, 0.5) is 0 Å². The van der Waals surface area contributed by atoms with Crippen molar-refractivity contribution in [3.8, 4) is 5.75 Å². The lowest BCUT2D eigenvalue weighted by Crippen LogP contribution is -1.98. The molecule has 2 heteroatoms. The Morgan fingerprint density at radius 2 is 1.57 bits per heavy atom. The zero-order valence-corrected chi connectivity index (χ0v) is 17.5. The van der Waals surface area contributed by atoms with Crippen molar-refractivity contribution in [3.63, 3.8) is 0 Å². The molecule has 30 heavy (non-hydrogen) atoms. The van der Waals surface area contributed by atoms with E-state index in [4.69, 9.17) is 4.74 Å². The number of unbranched alkanes of at least 4 members (excludes halogenated alkanes) is 1. The molecule has 3 aromatic rings. The highest BCUT2D eigenvalue weighted by Crippen LogP contribution is 2.17. The highest BCUT2D eigenvalue weighted by atomic mass is 16.5. The zero-order valence-electron chi connectivity index (χ0n) is 17.5. The van der Waals surface area contributed by atoms with Crippen LogP contribution in [0.5, 0.6) is 5.75 Å². The quantitative estimate of drug-likeness (QED) is 0.209. The number of allylic oxidation sites excluding steroid dienone is 2. The lowest BCUT2D eigenvalue weighted by molar-refractivity contribution is 0.104. The van der Waals surface area contributed by atoms with Crippen LogP contribution in [0.2, 0.25) is 0 Å². The van der Waals surface area contributed by atoms with Gasteiger partial charge in [-0.1, -0.05) is 85.0 Å². The molecule has 0 aliphatic rings. The number of hydrogen-bond acceptors (Lipinski definition) is 2. The van der Waals surface area contributed by atoms with E-state index in [1.54, 1.807) is 6.08 Å². The van der Waals surface area contributed by atoms with Gasteiger partial charge in [0.15, 0.2) is 5.78 Å². The second-order valence-electron chi connectivity index (χ2n) is 7.42. The fraction of sp³-hybridized carbons (Fsp3) is 0.179. The van der Waals surface area contributed by atoms with Gasteiger partial charge in [0.25, 0.3) is 0 Å². The summed E-state index contributed by atoms with van der Waals surface area (Å²) in [6.45, 7) is 6.67. The van der Waals surface area contributed by atoms with E-state index < -0.39 is 0 Å². The molecule has 0 aliphatic heterocycles. The molecule has 0 bridgehead atoms. The molecule has 0 heterocycles. The van der Waals surface area contributed by atoms with Gasteiger partial charge in [-0.05, 0) is 61.1 Å². The van der Waals surface area contributed by atoms with Crippen molar-refractivity contribution in [1.82, 2.24) is 0 Å². The van der Waals surface area contributed by atoms with Gasteiger partial charge in [-0.2, -0.15) is 0 Å².